The maximum atomic E-state index is 12.2. The van der Waals surface area contributed by atoms with Crippen molar-refractivity contribution in [3.8, 4) is 0 Å². The molecule has 1 amide bonds. The van der Waals surface area contributed by atoms with Crippen molar-refractivity contribution in [3.05, 3.63) is 56.9 Å². The lowest BCUT2D eigenvalue weighted by molar-refractivity contribution is -0.115. The topological polar surface area (TPSA) is 99.1 Å². The average Bonchev–Trinajstić information content (AvgIpc) is 2.94. The fourth-order valence-electron chi connectivity index (χ4n) is 2.26. The SMILES string of the molecule is Cn1c(NC(=O)Cc2noc3ccccc23)cc(=O)n(C)c1=O. The van der Waals surface area contributed by atoms with Crippen molar-refractivity contribution < 1.29 is 9.32 Å². The Balaban J connectivity index is 1.86. The minimum atomic E-state index is -0.514. The van der Waals surface area contributed by atoms with E-state index in [4.69, 9.17) is 4.52 Å². The highest BCUT2D eigenvalue weighted by Gasteiger charge is 2.14. The summed E-state index contributed by atoms with van der Waals surface area (Å²) in [7, 11) is 2.85. The number of hydrogen-bond donors (Lipinski definition) is 1. The largest absolute Gasteiger partial charge is 0.356 e. The van der Waals surface area contributed by atoms with Crippen molar-refractivity contribution in [2.75, 3.05) is 5.32 Å². The van der Waals surface area contributed by atoms with E-state index in [9.17, 15) is 14.4 Å². The van der Waals surface area contributed by atoms with Crippen molar-refractivity contribution in [1.29, 1.82) is 0 Å². The van der Waals surface area contributed by atoms with Gasteiger partial charge in [-0.15, -0.1) is 0 Å². The van der Waals surface area contributed by atoms with Crippen LogP contribution >= 0.6 is 0 Å². The number of aromatic nitrogens is 3. The molecule has 0 spiro atoms. The average molecular weight is 314 g/mol. The number of hydrogen-bond acceptors (Lipinski definition) is 5. The lowest BCUT2D eigenvalue weighted by Gasteiger charge is -2.10. The van der Waals surface area contributed by atoms with Gasteiger partial charge in [-0.2, -0.15) is 0 Å². The molecule has 0 fully saturated rings. The summed E-state index contributed by atoms with van der Waals surface area (Å²) >= 11 is 0. The van der Waals surface area contributed by atoms with Crippen molar-refractivity contribution in [2.24, 2.45) is 14.1 Å². The van der Waals surface area contributed by atoms with E-state index in [1.807, 2.05) is 18.2 Å². The fourth-order valence-corrected chi connectivity index (χ4v) is 2.26. The molecule has 118 valence electrons. The quantitative estimate of drug-likeness (QED) is 0.754. The summed E-state index contributed by atoms with van der Waals surface area (Å²) in [6, 6.07) is 8.40. The first kappa shape index (κ1) is 14.8. The van der Waals surface area contributed by atoms with E-state index >= 15 is 0 Å². The van der Waals surface area contributed by atoms with E-state index in [-0.39, 0.29) is 12.2 Å². The van der Waals surface area contributed by atoms with Gasteiger partial charge in [0.05, 0.1) is 6.42 Å². The maximum Gasteiger partial charge on any atom is 0.332 e. The molecule has 0 atom stereocenters. The van der Waals surface area contributed by atoms with E-state index in [1.54, 1.807) is 6.07 Å². The van der Waals surface area contributed by atoms with Crippen LogP contribution in [-0.2, 0) is 25.3 Å². The standard InChI is InChI=1S/C15H14N4O4/c1-18-12(8-14(21)19(2)15(18)22)16-13(20)7-10-9-5-3-4-6-11(9)23-17-10/h3-6,8H,7H2,1-2H3,(H,16,20). The normalized spacial score (nSPS) is 10.9. The van der Waals surface area contributed by atoms with Crippen molar-refractivity contribution in [1.82, 2.24) is 14.3 Å². The van der Waals surface area contributed by atoms with Gasteiger partial charge in [-0.05, 0) is 12.1 Å². The van der Waals surface area contributed by atoms with Gasteiger partial charge in [0.1, 0.15) is 11.5 Å². The highest BCUT2D eigenvalue weighted by Crippen LogP contribution is 2.18. The zero-order chi connectivity index (χ0) is 16.6. The zero-order valence-corrected chi connectivity index (χ0v) is 12.6. The van der Waals surface area contributed by atoms with Crippen LogP contribution in [0.15, 0.2) is 44.4 Å². The molecule has 0 radical (unpaired) electrons. The number of carbonyl (C=O) groups is 1. The number of anilines is 1. The predicted octanol–water partition coefficient (Wildman–Crippen LogP) is 0.406. The third kappa shape index (κ3) is 2.66. The number of para-hydroxylation sites is 1. The molecule has 0 saturated carbocycles. The number of carbonyl (C=O) groups excluding carboxylic acids is 1. The van der Waals surface area contributed by atoms with E-state index in [1.165, 1.54) is 24.7 Å². The third-order valence-electron chi connectivity index (χ3n) is 3.57. The van der Waals surface area contributed by atoms with Gasteiger partial charge in [-0.25, -0.2) is 4.79 Å². The summed E-state index contributed by atoms with van der Waals surface area (Å²) in [5.74, 6) is -0.261. The number of fused-ring (bicyclic) bond motifs is 1. The second-order valence-corrected chi connectivity index (χ2v) is 5.12. The van der Waals surface area contributed by atoms with E-state index in [0.717, 1.165) is 9.95 Å². The first-order valence-electron chi connectivity index (χ1n) is 6.87. The Hall–Kier alpha value is -3.16. The molecule has 3 rings (SSSR count). The molecule has 1 aromatic carbocycles. The van der Waals surface area contributed by atoms with Gasteiger partial charge in [0.15, 0.2) is 5.58 Å². The van der Waals surface area contributed by atoms with Crippen LogP contribution in [0.25, 0.3) is 11.0 Å². The monoisotopic (exact) mass is 314 g/mol. The summed E-state index contributed by atoms with van der Waals surface area (Å²) in [5.41, 5.74) is 0.0817. The van der Waals surface area contributed by atoms with Gasteiger partial charge in [-0.3, -0.25) is 18.7 Å². The summed E-state index contributed by atoms with van der Waals surface area (Å²) in [4.78, 5) is 35.7. The van der Waals surface area contributed by atoms with Crippen LogP contribution in [0.5, 0.6) is 0 Å². The molecule has 0 bridgehead atoms. The molecule has 1 N–H and O–H groups in total. The Kier molecular flexibility index (Phi) is 3.57. The molecule has 23 heavy (non-hydrogen) atoms. The number of nitrogens with one attached hydrogen (secondary N) is 1. The predicted molar refractivity (Wildman–Crippen MR) is 83.3 cm³/mol. The summed E-state index contributed by atoms with van der Waals surface area (Å²) in [6.45, 7) is 0. The summed E-state index contributed by atoms with van der Waals surface area (Å²) in [5, 5.41) is 7.18. The second kappa shape index (κ2) is 5.56. The molecule has 0 aliphatic heterocycles. The molecular weight excluding hydrogens is 300 g/mol. The zero-order valence-electron chi connectivity index (χ0n) is 12.6. The van der Waals surface area contributed by atoms with Gasteiger partial charge in [0, 0.05) is 25.5 Å². The first-order valence-corrected chi connectivity index (χ1v) is 6.87. The van der Waals surface area contributed by atoms with E-state index in [2.05, 4.69) is 10.5 Å². The Morgan fingerprint density at radius 1 is 1.22 bits per heavy atom. The summed E-state index contributed by atoms with van der Waals surface area (Å²) in [6.07, 6.45) is -0.0274. The van der Waals surface area contributed by atoms with Crippen molar-refractivity contribution in [3.63, 3.8) is 0 Å². The summed E-state index contributed by atoms with van der Waals surface area (Å²) < 4.78 is 7.29. The Bertz CT molecular complexity index is 1010. The van der Waals surface area contributed by atoms with Crippen molar-refractivity contribution in [2.45, 2.75) is 6.42 Å². The molecule has 0 saturated heterocycles. The molecular formula is C15H14N4O4. The van der Waals surface area contributed by atoms with Gasteiger partial charge >= 0.3 is 5.69 Å². The fraction of sp³-hybridized carbons (Fsp3) is 0.200. The molecule has 0 aliphatic carbocycles. The molecule has 8 heteroatoms. The van der Waals surface area contributed by atoms with Crippen LogP contribution in [0, 0.1) is 0 Å². The lowest BCUT2D eigenvalue weighted by Crippen LogP contribution is -2.38. The van der Waals surface area contributed by atoms with Crippen LogP contribution < -0.4 is 16.6 Å². The van der Waals surface area contributed by atoms with Crippen LogP contribution in [0.3, 0.4) is 0 Å². The van der Waals surface area contributed by atoms with Crippen LogP contribution in [0.1, 0.15) is 5.69 Å². The van der Waals surface area contributed by atoms with Crippen LogP contribution in [0.2, 0.25) is 0 Å². The second-order valence-electron chi connectivity index (χ2n) is 5.12. The molecule has 2 heterocycles. The molecule has 0 unspecified atom stereocenters. The lowest BCUT2D eigenvalue weighted by atomic mass is 10.1. The molecule has 2 aromatic heterocycles. The van der Waals surface area contributed by atoms with Gasteiger partial charge in [-0.1, -0.05) is 17.3 Å². The highest BCUT2D eigenvalue weighted by atomic mass is 16.5. The Morgan fingerprint density at radius 2 is 1.96 bits per heavy atom. The number of nitrogens with zero attached hydrogens (tertiary/aromatic N) is 3. The van der Waals surface area contributed by atoms with Crippen molar-refractivity contribution >= 4 is 22.7 Å². The van der Waals surface area contributed by atoms with E-state index in [0.29, 0.717) is 11.3 Å². The van der Waals surface area contributed by atoms with Gasteiger partial charge < -0.3 is 9.84 Å². The van der Waals surface area contributed by atoms with E-state index < -0.39 is 17.2 Å². The molecule has 8 nitrogen and oxygen atoms in total. The number of benzene rings is 1. The molecule has 3 aromatic rings. The van der Waals surface area contributed by atoms with Crippen LogP contribution in [0.4, 0.5) is 5.82 Å². The first-order chi connectivity index (χ1) is 11.0. The third-order valence-corrected chi connectivity index (χ3v) is 3.57. The Morgan fingerprint density at radius 3 is 2.74 bits per heavy atom. The van der Waals surface area contributed by atoms with Gasteiger partial charge in [0.2, 0.25) is 5.91 Å². The van der Waals surface area contributed by atoms with Gasteiger partial charge in [0.25, 0.3) is 5.56 Å². The van der Waals surface area contributed by atoms with Crippen LogP contribution in [-0.4, -0.2) is 20.2 Å². The number of amides is 1. The smallest absolute Gasteiger partial charge is 0.332 e. The number of rotatable bonds is 3. The Labute approximate surface area is 129 Å². The minimum Gasteiger partial charge on any atom is -0.356 e. The highest BCUT2D eigenvalue weighted by molar-refractivity contribution is 5.94. The minimum absolute atomic E-state index is 0.0274. The molecule has 0 aliphatic rings. The maximum absolute atomic E-state index is 12.2.